The first-order chi connectivity index (χ1) is 7.22. The Morgan fingerprint density at radius 3 is 2.73 bits per heavy atom. The summed E-state index contributed by atoms with van der Waals surface area (Å²) in [7, 11) is 0. The van der Waals surface area contributed by atoms with Gasteiger partial charge in [0.15, 0.2) is 6.10 Å². The van der Waals surface area contributed by atoms with Crippen LogP contribution >= 0.6 is 0 Å². The molecule has 0 aromatic rings. The van der Waals surface area contributed by atoms with Crippen LogP contribution in [0.5, 0.6) is 0 Å². The number of rotatable bonds is 9. The molecule has 0 aliphatic carbocycles. The van der Waals surface area contributed by atoms with Crippen molar-refractivity contribution in [1.29, 1.82) is 0 Å². The van der Waals surface area contributed by atoms with E-state index in [1.54, 1.807) is 0 Å². The lowest BCUT2D eigenvalue weighted by Crippen LogP contribution is -2.27. The topological polar surface area (TPSA) is 81.8 Å². The lowest BCUT2D eigenvalue weighted by molar-refractivity contribution is -0.155. The molecule has 0 spiro atoms. The SMILES string of the molecule is CCCCOCCOC(=O)C(O)CCN. The Morgan fingerprint density at radius 2 is 2.13 bits per heavy atom. The van der Waals surface area contributed by atoms with E-state index in [0.717, 1.165) is 12.8 Å². The van der Waals surface area contributed by atoms with Crippen molar-refractivity contribution in [3.8, 4) is 0 Å². The van der Waals surface area contributed by atoms with Crippen molar-refractivity contribution in [2.75, 3.05) is 26.4 Å². The first kappa shape index (κ1) is 14.3. The van der Waals surface area contributed by atoms with Crippen LogP contribution < -0.4 is 5.73 Å². The Kier molecular flexibility index (Phi) is 9.46. The molecule has 0 aliphatic heterocycles. The first-order valence-corrected chi connectivity index (χ1v) is 5.34. The van der Waals surface area contributed by atoms with Gasteiger partial charge in [0.05, 0.1) is 6.61 Å². The van der Waals surface area contributed by atoms with Crippen LogP contribution in [0, 0.1) is 0 Å². The van der Waals surface area contributed by atoms with E-state index in [1.807, 2.05) is 0 Å². The molecule has 0 saturated heterocycles. The number of hydrogen-bond acceptors (Lipinski definition) is 5. The molecule has 0 aromatic heterocycles. The number of carbonyl (C=O) groups excluding carboxylic acids is 1. The second kappa shape index (κ2) is 9.89. The Morgan fingerprint density at radius 1 is 1.40 bits per heavy atom. The number of aliphatic hydroxyl groups excluding tert-OH is 1. The lowest BCUT2D eigenvalue weighted by atomic mass is 10.2. The summed E-state index contributed by atoms with van der Waals surface area (Å²) in [6.07, 6.45) is 1.21. The summed E-state index contributed by atoms with van der Waals surface area (Å²) in [6.45, 7) is 3.58. The van der Waals surface area contributed by atoms with Crippen LogP contribution in [-0.4, -0.2) is 43.5 Å². The summed E-state index contributed by atoms with van der Waals surface area (Å²) in [5.41, 5.74) is 5.18. The van der Waals surface area contributed by atoms with Crippen molar-refractivity contribution in [3.05, 3.63) is 0 Å². The third-order valence-corrected chi connectivity index (χ3v) is 1.83. The van der Waals surface area contributed by atoms with Gasteiger partial charge in [0.2, 0.25) is 0 Å². The van der Waals surface area contributed by atoms with Gasteiger partial charge in [0.1, 0.15) is 6.61 Å². The number of unbranched alkanes of at least 4 members (excludes halogenated alkanes) is 1. The summed E-state index contributed by atoms with van der Waals surface area (Å²) in [5, 5.41) is 9.16. The number of ether oxygens (including phenoxy) is 2. The van der Waals surface area contributed by atoms with Crippen molar-refractivity contribution in [3.63, 3.8) is 0 Å². The zero-order valence-electron chi connectivity index (χ0n) is 9.28. The third-order valence-electron chi connectivity index (χ3n) is 1.83. The number of carbonyl (C=O) groups is 1. The summed E-state index contributed by atoms with van der Waals surface area (Å²) in [5.74, 6) is -0.625. The molecule has 0 aromatic carbocycles. The minimum atomic E-state index is -1.11. The molecule has 5 nitrogen and oxygen atoms in total. The quantitative estimate of drug-likeness (QED) is 0.423. The standard InChI is InChI=1S/C10H21NO4/c1-2-3-6-14-7-8-15-10(13)9(12)4-5-11/h9,12H,2-8,11H2,1H3. The average Bonchev–Trinajstić information content (AvgIpc) is 2.23. The molecular formula is C10H21NO4. The van der Waals surface area contributed by atoms with Gasteiger partial charge in [-0.2, -0.15) is 0 Å². The Bertz CT molecular complexity index is 164. The molecule has 0 amide bonds. The van der Waals surface area contributed by atoms with Crippen molar-refractivity contribution in [2.24, 2.45) is 5.73 Å². The van der Waals surface area contributed by atoms with Gasteiger partial charge < -0.3 is 20.3 Å². The van der Waals surface area contributed by atoms with Gasteiger partial charge in [-0.05, 0) is 19.4 Å². The molecule has 90 valence electrons. The molecule has 0 saturated carbocycles. The fraction of sp³-hybridized carbons (Fsp3) is 0.900. The molecule has 1 atom stereocenters. The summed E-state index contributed by atoms with van der Waals surface area (Å²) in [6, 6.07) is 0. The van der Waals surface area contributed by atoms with Gasteiger partial charge in [0.25, 0.3) is 0 Å². The average molecular weight is 219 g/mol. The maximum atomic E-state index is 11.0. The van der Waals surface area contributed by atoms with Crippen LogP contribution in [0.25, 0.3) is 0 Å². The van der Waals surface area contributed by atoms with E-state index in [-0.39, 0.29) is 19.6 Å². The fourth-order valence-corrected chi connectivity index (χ4v) is 0.922. The Balaban J connectivity index is 3.30. The smallest absolute Gasteiger partial charge is 0.335 e. The molecule has 3 N–H and O–H groups in total. The summed E-state index contributed by atoms with van der Waals surface area (Å²) < 4.78 is 9.95. The minimum absolute atomic E-state index is 0.185. The highest BCUT2D eigenvalue weighted by Crippen LogP contribution is 1.94. The Labute approximate surface area is 90.5 Å². The highest BCUT2D eigenvalue weighted by molar-refractivity contribution is 5.74. The molecule has 15 heavy (non-hydrogen) atoms. The van der Waals surface area contributed by atoms with Gasteiger partial charge in [-0.25, -0.2) is 4.79 Å². The molecule has 0 fully saturated rings. The van der Waals surface area contributed by atoms with E-state index in [1.165, 1.54) is 0 Å². The Hall–Kier alpha value is -0.650. The van der Waals surface area contributed by atoms with Crippen molar-refractivity contribution in [2.45, 2.75) is 32.3 Å². The maximum absolute atomic E-state index is 11.0. The predicted molar refractivity (Wildman–Crippen MR) is 56.4 cm³/mol. The van der Waals surface area contributed by atoms with Crippen LogP contribution in [-0.2, 0) is 14.3 Å². The minimum Gasteiger partial charge on any atom is -0.461 e. The second-order valence-corrected chi connectivity index (χ2v) is 3.23. The van der Waals surface area contributed by atoms with Gasteiger partial charge in [-0.3, -0.25) is 0 Å². The lowest BCUT2D eigenvalue weighted by Gasteiger charge is -2.09. The largest absolute Gasteiger partial charge is 0.461 e. The van der Waals surface area contributed by atoms with Crippen molar-refractivity contribution < 1.29 is 19.4 Å². The summed E-state index contributed by atoms with van der Waals surface area (Å²) >= 11 is 0. The van der Waals surface area contributed by atoms with Gasteiger partial charge in [-0.15, -0.1) is 0 Å². The van der Waals surface area contributed by atoms with E-state index in [4.69, 9.17) is 20.3 Å². The molecule has 0 aliphatic rings. The molecular weight excluding hydrogens is 198 g/mol. The van der Waals surface area contributed by atoms with E-state index in [9.17, 15) is 4.79 Å². The van der Waals surface area contributed by atoms with Crippen molar-refractivity contribution >= 4 is 5.97 Å². The maximum Gasteiger partial charge on any atom is 0.335 e. The van der Waals surface area contributed by atoms with E-state index in [2.05, 4.69) is 6.92 Å². The third kappa shape index (κ3) is 8.35. The van der Waals surface area contributed by atoms with Gasteiger partial charge >= 0.3 is 5.97 Å². The van der Waals surface area contributed by atoms with Crippen LogP contribution in [0.4, 0.5) is 0 Å². The zero-order chi connectivity index (χ0) is 11.5. The first-order valence-electron chi connectivity index (χ1n) is 5.34. The molecule has 5 heteroatoms. The molecule has 0 bridgehead atoms. The highest BCUT2D eigenvalue weighted by atomic mass is 16.6. The van der Waals surface area contributed by atoms with Crippen LogP contribution in [0.2, 0.25) is 0 Å². The van der Waals surface area contributed by atoms with E-state index in [0.29, 0.717) is 13.2 Å². The second-order valence-electron chi connectivity index (χ2n) is 3.23. The molecule has 0 heterocycles. The molecule has 1 unspecified atom stereocenters. The van der Waals surface area contributed by atoms with Gasteiger partial charge in [-0.1, -0.05) is 13.3 Å². The zero-order valence-corrected chi connectivity index (χ0v) is 9.28. The fourth-order valence-electron chi connectivity index (χ4n) is 0.922. The number of esters is 1. The highest BCUT2D eigenvalue weighted by Gasteiger charge is 2.14. The van der Waals surface area contributed by atoms with Gasteiger partial charge in [0, 0.05) is 6.61 Å². The van der Waals surface area contributed by atoms with E-state index >= 15 is 0 Å². The van der Waals surface area contributed by atoms with Crippen LogP contribution in [0.15, 0.2) is 0 Å². The number of nitrogens with two attached hydrogens (primary N) is 1. The molecule has 0 radical (unpaired) electrons. The van der Waals surface area contributed by atoms with Crippen LogP contribution in [0.3, 0.4) is 0 Å². The molecule has 0 rings (SSSR count). The monoisotopic (exact) mass is 219 g/mol. The van der Waals surface area contributed by atoms with E-state index < -0.39 is 12.1 Å². The number of aliphatic hydroxyl groups is 1. The van der Waals surface area contributed by atoms with Crippen LogP contribution in [0.1, 0.15) is 26.2 Å². The predicted octanol–water partition coefficient (Wildman–Crippen LogP) is 0.0560. The van der Waals surface area contributed by atoms with Crippen molar-refractivity contribution in [1.82, 2.24) is 0 Å². The number of hydrogen-bond donors (Lipinski definition) is 2. The normalized spacial score (nSPS) is 12.5. The summed E-state index contributed by atoms with van der Waals surface area (Å²) in [4.78, 5) is 11.0.